The Bertz CT molecular complexity index is 729. The van der Waals surface area contributed by atoms with Crippen molar-refractivity contribution in [3.05, 3.63) is 34.4 Å². The number of carbonyl (C=O) groups is 1. The van der Waals surface area contributed by atoms with E-state index in [-0.39, 0.29) is 23.2 Å². The third-order valence-electron chi connectivity index (χ3n) is 3.94. The molecule has 1 aliphatic rings. The number of hydrogen-bond acceptors (Lipinski definition) is 5. The number of amides is 2. The molecule has 2 N–H and O–H groups in total. The van der Waals surface area contributed by atoms with Crippen molar-refractivity contribution in [3.63, 3.8) is 0 Å². The van der Waals surface area contributed by atoms with Gasteiger partial charge in [0, 0.05) is 25.2 Å². The van der Waals surface area contributed by atoms with Gasteiger partial charge in [-0.05, 0) is 25.3 Å². The summed E-state index contributed by atoms with van der Waals surface area (Å²) >= 11 is 0. The highest BCUT2D eigenvalue weighted by Gasteiger charge is 2.26. The summed E-state index contributed by atoms with van der Waals surface area (Å²) in [4.78, 5) is 24.3. The Hall–Kier alpha value is -2.20. The molecule has 1 saturated heterocycles. The van der Waals surface area contributed by atoms with Gasteiger partial charge in [0.2, 0.25) is 10.0 Å². The molecule has 0 aliphatic carbocycles. The van der Waals surface area contributed by atoms with E-state index in [0.29, 0.717) is 32.4 Å². The zero-order valence-corrected chi connectivity index (χ0v) is 14.8. The number of nitrogens with zero attached hydrogens (tertiary/aromatic N) is 2. The molecule has 10 heteroatoms. The summed E-state index contributed by atoms with van der Waals surface area (Å²) < 4.78 is 26.2. The molecule has 0 atom stereocenters. The van der Waals surface area contributed by atoms with Crippen LogP contribution in [0.5, 0.6) is 0 Å². The summed E-state index contributed by atoms with van der Waals surface area (Å²) in [5, 5.41) is 13.5. The quantitative estimate of drug-likeness (QED) is 0.585. The number of nitro benzene ring substituents is 1. The van der Waals surface area contributed by atoms with Gasteiger partial charge in [0.05, 0.1) is 10.7 Å². The van der Waals surface area contributed by atoms with Crippen LogP contribution < -0.4 is 10.0 Å². The molecule has 0 saturated carbocycles. The minimum absolute atomic E-state index is 0.0887. The minimum Gasteiger partial charge on any atom is -0.324 e. The van der Waals surface area contributed by atoms with Gasteiger partial charge >= 0.3 is 6.03 Å². The zero-order valence-electron chi connectivity index (χ0n) is 14.0. The number of sulfonamides is 1. The highest BCUT2D eigenvalue weighted by molar-refractivity contribution is 7.89. The molecule has 0 bridgehead atoms. The number of hydrogen-bond donors (Lipinski definition) is 2. The average molecular weight is 370 g/mol. The van der Waals surface area contributed by atoms with Crippen LogP contribution in [0.1, 0.15) is 26.2 Å². The van der Waals surface area contributed by atoms with Gasteiger partial charge in [-0.15, -0.1) is 0 Å². The monoisotopic (exact) mass is 370 g/mol. The van der Waals surface area contributed by atoms with Gasteiger partial charge in [-0.3, -0.25) is 10.1 Å². The summed E-state index contributed by atoms with van der Waals surface area (Å²) in [5.41, 5.74) is -0.0265. The van der Waals surface area contributed by atoms with Gasteiger partial charge in [0.25, 0.3) is 5.69 Å². The van der Waals surface area contributed by atoms with Crippen LogP contribution in [0.3, 0.4) is 0 Å². The number of nitrogens with one attached hydrogen (secondary N) is 2. The smallest absolute Gasteiger partial charge is 0.322 e. The van der Waals surface area contributed by atoms with E-state index in [2.05, 4.69) is 10.0 Å². The number of carbonyl (C=O) groups excluding carboxylic acids is 1. The van der Waals surface area contributed by atoms with E-state index in [1.54, 1.807) is 13.0 Å². The average Bonchev–Trinajstić information content (AvgIpc) is 2.55. The van der Waals surface area contributed by atoms with E-state index in [1.807, 2.05) is 0 Å². The fourth-order valence-corrected chi connectivity index (χ4v) is 4.11. The Kier molecular flexibility index (Phi) is 6.32. The molecule has 0 unspecified atom stereocenters. The summed E-state index contributed by atoms with van der Waals surface area (Å²) in [5.74, 6) is 0.0887. The molecular weight excluding hydrogens is 348 g/mol. The molecule has 1 aromatic rings. The van der Waals surface area contributed by atoms with Crippen molar-refractivity contribution < 1.29 is 18.1 Å². The molecule has 2 amide bonds. The lowest BCUT2D eigenvalue weighted by Crippen LogP contribution is -2.48. The van der Waals surface area contributed by atoms with E-state index < -0.39 is 21.0 Å². The van der Waals surface area contributed by atoms with Crippen LogP contribution >= 0.6 is 0 Å². The van der Waals surface area contributed by atoms with E-state index in [1.165, 1.54) is 23.1 Å². The lowest BCUT2D eigenvalue weighted by molar-refractivity contribution is -0.383. The molecule has 9 nitrogen and oxygen atoms in total. The van der Waals surface area contributed by atoms with E-state index in [4.69, 9.17) is 0 Å². The lowest BCUT2D eigenvalue weighted by atomic mass is 10.1. The predicted molar refractivity (Wildman–Crippen MR) is 93.9 cm³/mol. The highest BCUT2D eigenvalue weighted by Crippen LogP contribution is 2.24. The number of benzene rings is 1. The largest absolute Gasteiger partial charge is 0.324 e. The van der Waals surface area contributed by atoms with Gasteiger partial charge < -0.3 is 10.2 Å². The normalized spacial score (nSPS) is 15.8. The zero-order chi connectivity index (χ0) is 18.4. The van der Waals surface area contributed by atoms with Crippen molar-refractivity contribution in [2.45, 2.75) is 32.2 Å². The van der Waals surface area contributed by atoms with E-state index >= 15 is 0 Å². The topological polar surface area (TPSA) is 122 Å². The third-order valence-corrected chi connectivity index (χ3v) is 5.58. The summed E-state index contributed by atoms with van der Waals surface area (Å²) in [7, 11) is -3.28. The summed E-state index contributed by atoms with van der Waals surface area (Å²) in [6, 6.07) is 5.32. The van der Waals surface area contributed by atoms with Crippen molar-refractivity contribution in [2.75, 3.05) is 24.2 Å². The van der Waals surface area contributed by atoms with Crippen molar-refractivity contribution >= 4 is 27.4 Å². The van der Waals surface area contributed by atoms with Crippen LogP contribution in [0, 0.1) is 10.1 Å². The molecule has 0 radical (unpaired) electrons. The molecular formula is C15H22N4O5S. The second-order valence-corrected chi connectivity index (χ2v) is 7.78. The Morgan fingerprint density at radius 3 is 2.56 bits per heavy atom. The Labute approximate surface area is 146 Å². The standard InChI is InChI=1S/C15H22N4O5S/c1-2-11-25(23,24)17-12-7-9-18(10-8-12)15(20)16-13-5-3-4-6-14(13)19(21)22/h3-6,12,17H,2,7-11H2,1H3,(H,16,20). The van der Waals surface area contributed by atoms with Crippen LogP contribution in [0.15, 0.2) is 24.3 Å². The van der Waals surface area contributed by atoms with Gasteiger partial charge in [-0.2, -0.15) is 0 Å². The van der Waals surface area contributed by atoms with Gasteiger partial charge in [-0.1, -0.05) is 19.1 Å². The van der Waals surface area contributed by atoms with Crippen molar-refractivity contribution in [1.82, 2.24) is 9.62 Å². The SMILES string of the molecule is CCCS(=O)(=O)NC1CCN(C(=O)Nc2ccccc2[N+](=O)[O-])CC1. The molecule has 2 rings (SSSR count). The predicted octanol–water partition coefficient (Wildman–Crippen LogP) is 1.92. The van der Waals surface area contributed by atoms with Crippen molar-refractivity contribution in [3.8, 4) is 0 Å². The maximum atomic E-state index is 12.3. The maximum Gasteiger partial charge on any atom is 0.322 e. The second-order valence-electron chi connectivity index (χ2n) is 5.90. The highest BCUT2D eigenvalue weighted by atomic mass is 32.2. The van der Waals surface area contributed by atoms with Crippen LogP contribution in [0.2, 0.25) is 0 Å². The number of rotatable bonds is 6. The molecule has 1 fully saturated rings. The number of anilines is 1. The first-order valence-corrected chi connectivity index (χ1v) is 9.77. The Morgan fingerprint density at radius 2 is 1.96 bits per heavy atom. The third kappa shape index (κ3) is 5.40. The van der Waals surface area contributed by atoms with Crippen molar-refractivity contribution in [2.24, 2.45) is 0 Å². The summed E-state index contributed by atoms with van der Waals surface area (Å²) in [6.07, 6.45) is 1.56. The Balaban J connectivity index is 1.91. The lowest BCUT2D eigenvalue weighted by Gasteiger charge is -2.32. The minimum atomic E-state index is -3.28. The molecule has 25 heavy (non-hydrogen) atoms. The number of nitro groups is 1. The molecule has 1 heterocycles. The van der Waals surface area contributed by atoms with Gasteiger partial charge in [0.1, 0.15) is 5.69 Å². The molecule has 1 aliphatic heterocycles. The number of piperidine rings is 1. The first kappa shape index (κ1) is 19.1. The first-order valence-electron chi connectivity index (χ1n) is 8.11. The second kappa shape index (κ2) is 8.26. The summed E-state index contributed by atoms with van der Waals surface area (Å²) in [6.45, 7) is 2.56. The Morgan fingerprint density at radius 1 is 1.32 bits per heavy atom. The van der Waals surface area contributed by atoms with Gasteiger partial charge in [-0.25, -0.2) is 17.9 Å². The van der Waals surface area contributed by atoms with E-state index in [0.717, 1.165) is 0 Å². The molecule has 138 valence electrons. The van der Waals surface area contributed by atoms with Crippen molar-refractivity contribution in [1.29, 1.82) is 0 Å². The number of para-hydroxylation sites is 2. The van der Waals surface area contributed by atoms with Crippen LogP contribution in [-0.4, -0.2) is 49.2 Å². The molecule has 1 aromatic carbocycles. The number of likely N-dealkylation sites (tertiary alicyclic amines) is 1. The van der Waals surface area contributed by atoms with Crippen LogP contribution in [0.25, 0.3) is 0 Å². The van der Waals surface area contributed by atoms with Crippen LogP contribution in [-0.2, 0) is 10.0 Å². The molecule has 0 aromatic heterocycles. The molecule has 0 spiro atoms. The van der Waals surface area contributed by atoms with E-state index in [9.17, 15) is 23.3 Å². The fourth-order valence-electron chi connectivity index (χ4n) is 2.71. The fraction of sp³-hybridized carbons (Fsp3) is 0.533. The first-order chi connectivity index (χ1) is 11.8. The maximum absolute atomic E-state index is 12.3. The van der Waals surface area contributed by atoms with Crippen LogP contribution in [0.4, 0.5) is 16.2 Å². The van der Waals surface area contributed by atoms with Gasteiger partial charge in [0.15, 0.2) is 0 Å². The number of urea groups is 1.